The molecule has 0 N–H and O–H groups in total. The summed E-state index contributed by atoms with van der Waals surface area (Å²) < 4.78 is 6.39. The van der Waals surface area contributed by atoms with Gasteiger partial charge in [0.05, 0.1) is 5.52 Å². The highest BCUT2D eigenvalue weighted by Crippen LogP contribution is 2.25. The molecule has 0 bridgehead atoms. The maximum absolute atomic E-state index is 6.39. The van der Waals surface area contributed by atoms with Crippen molar-refractivity contribution in [3.8, 4) is 5.75 Å². The molecule has 26 heavy (non-hydrogen) atoms. The minimum absolute atomic E-state index is 0.0838. The van der Waals surface area contributed by atoms with Gasteiger partial charge in [0, 0.05) is 37.1 Å². The quantitative estimate of drug-likeness (QED) is 0.535. The van der Waals surface area contributed by atoms with Crippen molar-refractivity contribution in [3.05, 3.63) is 79.3 Å². The Balaban J connectivity index is 1.71. The largest absolute Gasteiger partial charge is 0.488 e. The number of benzene rings is 1. The molecule has 0 spiro atoms. The van der Waals surface area contributed by atoms with E-state index in [2.05, 4.69) is 40.6 Å². The average Bonchev–Trinajstić information content (AvgIpc) is 2.67. The summed E-state index contributed by atoms with van der Waals surface area (Å²) >= 11 is 0. The molecular formula is C22H25N3O. The zero-order valence-corrected chi connectivity index (χ0v) is 15.2. The first kappa shape index (κ1) is 18.1. The van der Waals surface area contributed by atoms with Crippen LogP contribution in [-0.4, -0.2) is 34.6 Å². The Morgan fingerprint density at radius 3 is 2.85 bits per heavy atom. The van der Waals surface area contributed by atoms with Crippen LogP contribution in [0, 0.1) is 0 Å². The summed E-state index contributed by atoms with van der Waals surface area (Å²) in [5, 5.41) is 1.05. The molecule has 1 aromatic carbocycles. The first-order valence-corrected chi connectivity index (χ1v) is 8.95. The fourth-order valence-electron chi connectivity index (χ4n) is 3.06. The lowest BCUT2D eigenvalue weighted by Crippen LogP contribution is -2.33. The molecule has 0 aliphatic carbocycles. The fraction of sp³-hybridized carbons (Fsp3) is 0.273. The SMILES string of the molecule is C=CCC[C@H](CN(C)Cc1cccnc1)Oc1ccnc2ccccc12. The summed E-state index contributed by atoms with van der Waals surface area (Å²) in [6.45, 7) is 5.53. The van der Waals surface area contributed by atoms with Crippen LogP contribution in [0.1, 0.15) is 18.4 Å². The molecule has 4 heteroatoms. The molecule has 3 rings (SSSR count). The van der Waals surface area contributed by atoms with E-state index in [4.69, 9.17) is 4.74 Å². The van der Waals surface area contributed by atoms with Crippen LogP contribution < -0.4 is 4.74 Å². The Hall–Kier alpha value is -2.72. The number of rotatable bonds is 9. The van der Waals surface area contributed by atoms with Gasteiger partial charge < -0.3 is 4.74 Å². The Labute approximate surface area is 155 Å². The van der Waals surface area contributed by atoms with Crippen molar-refractivity contribution in [2.24, 2.45) is 0 Å². The van der Waals surface area contributed by atoms with Gasteiger partial charge in [-0.15, -0.1) is 6.58 Å². The maximum atomic E-state index is 6.39. The Bertz CT molecular complexity index is 830. The normalized spacial score (nSPS) is 12.2. The predicted molar refractivity (Wildman–Crippen MR) is 106 cm³/mol. The van der Waals surface area contributed by atoms with Gasteiger partial charge in [0.2, 0.25) is 0 Å². The van der Waals surface area contributed by atoms with E-state index in [0.717, 1.165) is 42.6 Å². The molecule has 0 fully saturated rings. The van der Waals surface area contributed by atoms with E-state index in [1.165, 1.54) is 5.56 Å². The van der Waals surface area contributed by atoms with Crippen LogP contribution in [0.5, 0.6) is 5.75 Å². The standard InChI is InChI=1S/C22H25N3O/c1-3-4-9-19(17-25(2)16-18-8-7-13-23-15-18)26-22-12-14-24-21-11-6-5-10-20(21)22/h3,5-8,10-15,19H,1,4,9,16-17H2,2H3/t19-/m1/s1. The number of likely N-dealkylation sites (N-methyl/N-ethyl adjacent to an activating group) is 1. The van der Waals surface area contributed by atoms with Crippen molar-refractivity contribution in [1.82, 2.24) is 14.9 Å². The number of ether oxygens (including phenoxy) is 1. The number of pyridine rings is 2. The van der Waals surface area contributed by atoms with E-state index >= 15 is 0 Å². The topological polar surface area (TPSA) is 38.2 Å². The highest BCUT2D eigenvalue weighted by atomic mass is 16.5. The van der Waals surface area contributed by atoms with Crippen LogP contribution in [0.2, 0.25) is 0 Å². The number of hydrogen-bond donors (Lipinski definition) is 0. The minimum atomic E-state index is 0.0838. The van der Waals surface area contributed by atoms with Crippen molar-refractivity contribution in [2.75, 3.05) is 13.6 Å². The van der Waals surface area contributed by atoms with Crippen molar-refractivity contribution >= 4 is 10.9 Å². The van der Waals surface area contributed by atoms with Crippen LogP contribution >= 0.6 is 0 Å². The second-order valence-electron chi connectivity index (χ2n) is 6.49. The van der Waals surface area contributed by atoms with Gasteiger partial charge in [-0.25, -0.2) is 0 Å². The zero-order chi connectivity index (χ0) is 18.2. The van der Waals surface area contributed by atoms with Crippen LogP contribution in [-0.2, 0) is 6.54 Å². The van der Waals surface area contributed by atoms with E-state index in [-0.39, 0.29) is 6.10 Å². The van der Waals surface area contributed by atoms with Crippen LogP contribution in [0.15, 0.2) is 73.7 Å². The van der Waals surface area contributed by atoms with Crippen LogP contribution in [0.3, 0.4) is 0 Å². The highest BCUT2D eigenvalue weighted by Gasteiger charge is 2.15. The number of hydrogen-bond acceptors (Lipinski definition) is 4. The molecule has 1 atom stereocenters. The van der Waals surface area contributed by atoms with Gasteiger partial charge in [0.15, 0.2) is 0 Å². The lowest BCUT2D eigenvalue weighted by Gasteiger charge is -2.25. The first-order chi connectivity index (χ1) is 12.8. The molecule has 0 saturated carbocycles. The summed E-state index contributed by atoms with van der Waals surface area (Å²) in [6, 6.07) is 14.1. The predicted octanol–water partition coefficient (Wildman–Crippen LogP) is 4.48. The smallest absolute Gasteiger partial charge is 0.130 e. The number of aromatic nitrogens is 2. The molecule has 2 heterocycles. The monoisotopic (exact) mass is 347 g/mol. The molecule has 3 aromatic rings. The van der Waals surface area contributed by atoms with Gasteiger partial charge >= 0.3 is 0 Å². The average molecular weight is 347 g/mol. The number of allylic oxidation sites excluding steroid dienone is 1. The molecule has 2 aromatic heterocycles. The van der Waals surface area contributed by atoms with E-state index in [1.54, 1.807) is 6.20 Å². The van der Waals surface area contributed by atoms with Crippen LogP contribution in [0.4, 0.5) is 0 Å². The summed E-state index contributed by atoms with van der Waals surface area (Å²) in [5.41, 5.74) is 2.16. The van der Waals surface area contributed by atoms with E-state index in [1.807, 2.05) is 48.8 Å². The maximum Gasteiger partial charge on any atom is 0.130 e. The Morgan fingerprint density at radius 2 is 2.04 bits per heavy atom. The lowest BCUT2D eigenvalue weighted by atomic mass is 10.1. The molecule has 0 unspecified atom stereocenters. The third-order valence-electron chi connectivity index (χ3n) is 4.29. The molecule has 4 nitrogen and oxygen atoms in total. The third-order valence-corrected chi connectivity index (χ3v) is 4.29. The van der Waals surface area contributed by atoms with E-state index in [9.17, 15) is 0 Å². The van der Waals surface area contributed by atoms with Crippen molar-refractivity contribution in [1.29, 1.82) is 0 Å². The van der Waals surface area contributed by atoms with Gasteiger partial charge in [-0.3, -0.25) is 14.9 Å². The van der Waals surface area contributed by atoms with Crippen molar-refractivity contribution in [3.63, 3.8) is 0 Å². The first-order valence-electron chi connectivity index (χ1n) is 8.95. The minimum Gasteiger partial charge on any atom is -0.488 e. The Morgan fingerprint density at radius 1 is 1.15 bits per heavy atom. The molecule has 0 amide bonds. The molecule has 0 aliphatic rings. The van der Waals surface area contributed by atoms with Crippen LogP contribution in [0.25, 0.3) is 10.9 Å². The van der Waals surface area contributed by atoms with Gasteiger partial charge in [-0.1, -0.05) is 24.3 Å². The number of fused-ring (bicyclic) bond motifs is 1. The second kappa shape index (κ2) is 9.11. The van der Waals surface area contributed by atoms with E-state index in [0.29, 0.717) is 0 Å². The molecule has 134 valence electrons. The summed E-state index contributed by atoms with van der Waals surface area (Å²) in [7, 11) is 2.11. The van der Waals surface area contributed by atoms with Gasteiger partial charge in [-0.05, 0) is 49.7 Å². The fourth-order valence-corrected chi connectivity index (χ4v) is 3.06. The number of nitrogens with zero attached hydrogens (tertiary/aromatic N) is 3. The third kappa shape index (κ3) is 4.90. The van der Waals surface area contributed by atoms with Gasteiger partial charge in [0.1, 0.15) is 11.9 Å². The summed E-state index contributed by atoms with van der Waals surface area (Å²) in [4.78, 5) is 10.9. The lowest BCUT2D eigenvalue weighted by molar-refractivity contribution is 0.138. The summed E-state index contributed by atoms with van der Waals surface area (Å²) in [5.74, 6) is 0.888. The van der Waals surface area contributed by atoms with Crippen molar-refractivity contribution < 1.29 is 4.74 Å². The second-order valence-corrected chi connectivity index (χ2v) is 6.49. The summed E-state index contributed by atoms with van der Waals surface area (Å²) in [6.07, 6.45) is 9.40. The van der Waals surface area contributed by atoms with Crippen molar-refractivity contribution in [2.45, 2.75) is 25.5 Å². The van der Waals surface area contributed by atoms with Gasteiger partial charge in [-0.2, -0.15) is 0 Å². The molecule has 0 radical (unpaired) electrons. The molecular weight excluding hydrogens is 322 g/mol. The zero-order valence-electron chi connectivity index (χ0n) is 15.2. The van der Waals surface area contributed by atoms with E-state index < -0.39 is 0 Å². The molecule has 0 saturated heterocycles. The van der Waals surface area contributed by atoms with Gasteiger partial charge in [0.25, 0.3) is 0 Å². The highest BCUT2D eigenvalue weighted by molar-refractivity contribution is 5.84. The molecule has 0 aliphatic heterocycles. The Kier molecular flexibility index (Phi) is 6.34. The number of para-hydroxylation sites is 1.